The number of hydrogen-bond acceptors (Lipinski definition) is 9. The maximum atomic E-state index is 13.7. The van der Waals surface area contributed by atoms with Gasteiger partial charge in [0.15, 0.2) is 5.54 Å². The molecule has 0 bridgehead atoms. The van der Waals surface area contributed by atoms with Crippen LogP contribution < -0.4 is 0 Å². The lowest BCUT2D eigenvalue weighted by Gasteiger charge is -2.42. The summed E-state index contributed by atoms with van der Waals surface area (Å²) < 4.78 is 12.5. The molecule has 1 amide bonds. The third kappa shape index (κ3) is 5.04. The van der Waals surface area contributed by atoms with Crippen LogP contribution in [0.1, 0.15) is 51.3 Å². The number of rotatable bonds is 9. The quantitative estimate of drug-likeness (QED) is 0.236. The molecule has 1 unspecified atom stereocenters. The van der Waals surface area contributed by atoms with Gasteiger partial charge < -0.3 is 14.4 Å². The van der Waals surface area contributed by atoms with Crippen LogP contribution in [-0.4, -0.2) is 72.7 Å². The second-order valence-corrected chi connectivity index (χ2v) is 9.91. The van der Waals surface area contributed by atoms with E-state index in [4.69, 9.17) is 14.5 Å². The van der Waals surface area contributed by atoms with Gasteiger partial charge in [0.05, 0.1) is 24.6 Å². The molecule has 4 aromatic rings. The van der Waals surface area contributed by atoms with Crippen molar-refractivity contribution in [3.05, 3.63) is 65.7 Å². The van der Waals surface area contributed by atoms with Crippen molar-refractivity contribution < 1.29 is 23.9 Å². The van der Waals surface area contributed by atoms with E-state index in [0.717, 1.165) is 28.2 Å². The Kier molecular flexibility index (Phi) is 8.14. The zero-order valence-electron chi connectivity index (χ0n) is 24.1. The summed E-state index contributed by atoms with van der Waals surface area (Å²) in [4.78, 5) is 45.7. The highest BCUT2D eigenvalue weighted by Crippen LogP contribution is 2.40. The number of aromatic nitrogens is 6. The van der Waals surface area contributed by atoms with Crippen LogP contribution >= 0.6 is 0 Å². The standard InChI is InChI=1S/C30H33N7O5/c1-5-24-31-23-16-17-36(25(38)18-26(39)41-6-2)30(4,29(40)42-7-3)27(23)37(24)20-14-12-19(13-15-20)21-10-8-9-11-22(21)28-32-34-35-33-28/h8-15H,5-7,16-18H2,1-4H3,(H,32,33,34,35). The fourth-order valence-corrected chi connectivity index (χ4v) is 5.55. The number of amides is 1. The largest absolute Gasteiger partial charge is 0.466 e. The Morgan fingerprint density at radius 3 is 2.33 bits per heavy atom. The van der Waals surface area contributed by atoms with Gasteiger partial charge in [-0.05, 0) is 49.2 Å². The van der Waals surface area contributed by atoms with Crippen molar-refractivity contribution in [2.24, 2.45) is 0 Å². The number of tetrazole rings is 1. The molecule has 0 aliphatic carbocycles. The predicted molar refractivity (Wildman–Crippen MR) is 152 cm³/mol. The molecule has 1 N–H and O–H groups in total. The average Bonchev–Trinajstić information content (AvgIpc) is 3.66. The zero-order valence-corrected chi connectivity index (χ0v) is 24.1. The van der Waals surface area contributed by atoms with Gasteiger partial charge in [-0.15, -0.1) is 10.2 Å². The summed E-state index contributed by atoms with van der Waals surface area (Å²) in [6, 6.07) is 15.6. The zero-order chi connectivity index (χ0) is 29.9. The molecule has 1 aliphatic rings. The van der Waals surface area contributed by atoms with Gasteiger partial charge in [-0.1, -0.05) is 43.3 Å². The monoisotopic (exact) mass is 571 g/mol. The van der Waals surface area contributed by atoms with Crippen molar-refractivity contribution in [2.45, 2.75) is 52.5 Å². The van der Waals surface area contributed by atoms with Gasteiger partial charge in [0.25, 0.3) is 0 Å². The van der Waals surface area contributed by atoms with Crippen LogP contribution in [0.5, 0.6) is 0 Å². The Labute approximate surface area is 243 Å². The number of aromatic amines is 1. The fraction of sp³-hybridized carbons (Fsp3) is 0.367. The van der Waals surface area contributed by atoms with Gasteiger partial charge in [-0.3, -0.25) is 14.2 Å². The summed E-state index contributed by atoms with van der Waals surface area (Å²) in [5, 5.41) is 14.5. The number of nitrogens with one attached hydrogen (secondary N) is 1. The van der Waals surface area contributed by atoms with E-state index in [1.807, 2.05) is 60.0 Å². The number of ether oxygens (including phenoxy) is 2. The highest BCUT2D eigenvalue weighted by molar-refractivity contribution is 5.98. The average molecular weight is 572 g/mol. The summed E-state index contributed by atoms with van der Waals surface area (Å²) in [5.74, 6) is -0.495. The minimum atomic E-state index is -1.52. The number of imidazole rings is 1. The van der Waals surface area contributed by atoms with Gasteiger partial charge in [0.2, 0.25) is 11.7 Å². The summed E-state index contributed by atoms with van der Waals surface area (Å²) >= 11 is 0. The highest BCUT2D eigenvalue weighted by atomic mass is 16.5. The molecule has 0 fully saturated rings. The van der Waals surface area contributed by atoms with Gasteiger partial charge in [-0.2, -0.15) is 5.21 Å². The molecular formula is C30H33N7O5. The normalized spacial score (nSPS) is 16.1. The lowest BCUT2D eigenvalue weighted by Crippen LogP contribution is -2.58. The third-order valence-corrected chi connectivity index (χ3v) is 7.43. The van der Waals surface area contributed by atoms with E-state index in [9.17, 15) is 14.4 Å². The molecule has 0 spiro atoms. The van der Waals surface area contributed by atoms with Crippen LogP contribution in [0.4, 0.5) is 0 Å². The number of aryl methyl sites for hydroxylation is 1. The van der Waals surface area contributed by atoms with E-state index in [-0.39, 0.29) is 19.8 Å². The molecular weight excluding hydrogens is 538 g/mol. The molecule has 218 valence electrons. The van der Waals surface area contributed by atoms with Gasteiger partial charge in [0, 0.05) is 30.6 Å². The van der Waals surface area contributed by atoms with Crippen molar-refractivity contribution in [1.82, 2.24) is 35.1 Å². The van der Waals surface area contributed by atoms with E-state index < -0.39 is 29.8 Å². The smallest absolute Gasteiger partial charge is 0.338 e. The van der Waals surface area contributed by atoms with Crippen LogP contribution in [0, 0.1) is 0 Å². The minimum Gasteiger partial charge on any atom is -0.466 e. The first-order valence-corrected chi connectivity index (χ1v) is 14.0. The summed E-state index contributed by atoms with van der Waals surface area (Å²) in [5.41, 5.74) is 3.23. The Bertz CT molecular complexity index is 1600. The van der Waals surface area contributed by atoms with Gasteiger partial charge >= 0.3 is 11.9 Å². The lowest BCUT2D eigenvalue weighted by molar-refractivity contribution is -0.167. The molecule has 12 heteroatoms. The number of nitrogens with zero attached hydrogens (tertiary/aromatic N) is 6. The number of fused-ring (bicyclic) bond motifs is 1. The Morgan fingerprint density at radius 1 is 0.976 bits per heavy atom. The van der Waals surface area contributed by atoms with E-state index in [1.165, 1.54) is 4.90 Å². The Morgan fingerprint density at radius 2 is 1.69 bits per heavy atom. The highest BCUT2D eigenvalue weighted by Gasteiger charge is 2.52. The molecule has 5 rings (SSSR count). The van der Waals surface area contributed by atoms with E-state index in [0.29, 0.717) is 30.1 Å². The molecule has 0 saturated carbocycles. The van der Waals surface area contributed by atoms with Gasteiger partial charge in [-0.25, -0.2) is 9.78 Å². The van der Waals surface area contributed by atoms with Crippen LogP contribution in [0.25, 0.3) is 28.2 Å². The molecule has 42 heavy (non-hydrogen) atoms. The molecule has 0 radical (unpaired) electrons. The number of carbonyl (C=O) groups is 3. The molecule has 2 aromatic carbocycles. The van der Waals surface area contributed by atoms with Crippen molar-refractivity contribution >= 4 is 17.8 Å². The Balaban J connectivity index is 1.60. The first kappa shape index (κ1) is 28.7. The van der Waals surface area contributed by atoms with E-state index in [1.54, 1.807) is 20.8 Å². The summed E-state index contributed by atoms with van der Waals surface area (Å²) in [6.45, 7) is 7.56. The van der Waals surface area contributed by atoms with E-state index >= 15 is 0 Å². The maximum absolute atomic E-state index is 13.7. The third-order valence-electron chi connectivity index (χ3n) is 7.43. The van der Waals surface area contributed by atoms with Crippen molar-refractivity contribution in [3.63, 3.8) is 0 Å². The maximum Gasteiger partial charge on any atom is 0.338 e. The first-order chi connectivity index (χ1) is 20.3. The summed E-state index contributed by atoms with van der Waals surface area (Å²) in [7, 11) is 0. The molecule has 3 heterocycles. The van der Waals surface area contributed by atoms with Crippen molar-refractivity contribution in [2.75, 3.05) is 19.8 Å². The topological polar surface area (TPSA) is 145 Å². The second-order valence-electron chi connectivity index (χ2n) is 9.91. The molecule has 1 atom stereocenters. The van der Waals surface area contributed by atoms with E-state index in [2.05, 4.69) is 20.6 Å². The Hall–Kier alpha value is -4.87. The predicted octanol–water partition coefficient (Wildman–Crippen LogP) is 3.40. The summed E-state index contributed by atoms with van der Waals surface area (Å²) in [6.07, 6.45) is 0.543. The van der Waals surface area contributed by atoms with Gasteiger partial charge in [0.1, 0.15) is 12.2 Å². The second kappa shape index (κ2) is 11.9. The molecule has 1 aliphatic heterocycles. The lowest BCUT2D eigenvalue weighted by atomic mass is 9.87. The number of carbonyl (C=O) groups excluding carboxylic acids is 3. The molecule has 2 aromatic heterocycles. The van der Waals surface area contributed by atoms with Crippen molar-refractivity contribution in [1.29, 1.82) is 0 Å². The number of esters is 2. The van der Waals surface area contributed by atoms with Crippen LogP contribution in [0.15, 0.2) is 48.5 Å². The molecule has 0 saturated heterocycles. The SMILES string of the molecule is CCOC(=O)CC(=O)N1CCc2nc(CC)n(-c3ccc(-c4ccccc4-c4nn[nH]n4)cc3)c2C1(C)C(=O)OCC. The molecule has 12 nitrogen and oxygen atoms in total. The van der Waals surface area contributed by atoms with Crippen LogP contribution in [0.3, 0.4) is 0 Å². The fourth-order valence-electron chi connectivity index (χ4n) is 5.55. The first-order valence-electron chi connectivity index (χ1n) is 14.0. The van der Waals surface area contributed by atoms with Crippen molar-refractivity contribution in [3.8, 4) is 28.2 Å². The minimum absolute atomic E-state index is 0.132. The number of H-pyrrole nitrogens is 1. The number of hydrogen-bond donors (Lipinski definition) is 1. The van der Waals surface area contributed by atoms with Crippen LogP contribution in [-0.2, 0) is 42.2 Å². The number of benzene rings is 2. The van der Waals surface area contributed by atoms with Crippen LogP contribution in [0.2, 0.25) is 0 Å².